The normalized spacial score (nSPS) is 11.1. The van der Waals surface area contributed by atoms with E-state index < -0.39 is 12.3 Å². The van der Waals surface area contributed by atoms with Crippen LogP contribution < -0.4 is 15.0 Å². The van der Waals surface area contributed by atoms with Crippen LogP contribution in [0.1, 0.15) is 22.3 Å². The zero-order chi connectivity index (χ0) is 27.1. The topological polar surface area (TPSA) is 91.8 Å². The lowest BCUT2D eigenvalue weighted by Crippen LogP contribution is -2.26. The van der Waals surface area contributed by atoms with Gasteiger partial charge in [0.15, 0.2) is 5.13 Å². The van der Waals surface area contributed by atoms with Crippen LogP contribution >= 0.6 is 11.3 Å². The molecule has 0 aliphatic carbocycles. The molecule has 3 aromatic carbocycles. The van der Waals surface area contributed by atoms with Crippen molar-refractivity contribution in [3.05, 3.63) is 95.4 Å². The van der Waals surface area contributed by atoms with Crippen LogP contribution in [0.4, 0.5) is 24.0 Å². The molecular formula is C27H22F3N3O4S. The number of hydrogen-bond acceptors (Lipinski definition) is 6. The maximum Gasteiger partial charge on any atom is 0.573 e. The molecule has 11 heteroatoms. The average molecular weight is 542 g/mol. The molecule has 1 heterocycles. The third-order valence-corrected chi connectivity index (χ3v) is 6.22. The summed E-state index contributed by atoms with van der Waals surface area (Å²) in [5.74, 6) is -1.72. The fourth-order valence-corrected chi connectivity index (χ4v) is 4.41. The predicted octanol–water partition coefficient (Wildman–Crippen LogP) is 6.25. The van der Waals surface area contributed by atoms with Crippen molar-refractivity contribution in [3.63, 3.8) is 0 Å². The van der Waals surface area contributed by atoms with E-state index in [-0.39, 0.29) is 24.6 Å². The van der Waals surface area contributed by atoms with Gasteiger partial charge in [-0.05, 0) is 42.0 Å². The maximum absolute atomic E-state index is 12.6. The quantitative estimate of drug-likeness (QED) is 0.247. The second-order valence-corrected chi connectivity index (χ2v) is 8.94. The van der Waals surface area contributed by atoms with Crippen LogP contribution in [0.25, 0.3) is 11.3 Å². The molecule has 0 aliphatic heterocycles. The minimum Gasteiger partial charge on any atom is -0.481 e. The first-order valence-corrected chi connectivity index (χ1v) is 12.3. The summed E-state index contributed by atoms with van der Waals surface area (Å²) in [6, 6.07) is 21.9. The van der Waals surface area contributed by atoms with E-state index >= 15 is 0 Å². The molecule has 4 aromatic rings. The van der Waals surface area contributed by atoms with Gasteiger partial charge in [0, 0.05) is 28.7 Å². The Hall–Kier alpha value is -4.38. The smallest absolute Gasteiger partial charge is 0.481 e. The van der Waals surface area contributed by atoms with Crippen LogP contribution in [0.2, 0.25) is 0 Å². The second kappa shape index (κ2) is 11.8. The molecule has 2 N–H and O–H groups in total. The predicted molar refractivity (Wildman–Crippen MR) is 138 cm³/mol. The van der Waals surface area contributed by atoms with Crippen molar-refractivity contribution in [1.29, 1.82) is 0 Å². The average Bonchev–Trinajstić information content (AvgIpc) is 3.38. The van der Waals surface area contributed by atoms with Gasteiger partial charge < -0.3 is 20.1 Å². The molecule has 0 radical (unpaired) electrons. The molecule has 0 fully saturated rings. The zero-order valence-electron chi connectivity index (χ0n) is 19.8. The third-order valence-electron chi connectivity index (χ3n) is 5.36. The Morgan fingerprint density at radius 3 is 2.29 bits per heavy atom. The number of amides is 1. The number of rotatable bonds is 10. The van der Waals surface area contributed by atoms with Crippen LogP contribution in [-0.4, -0.2) is 34.9 Å². The zero-order valence-corrected chi connectivity index (χ0v) is 20.6. The number of aromatic nitrogens is 1. The minimum atomic E-state index is -4.79. The number of carbonyl (C=O) groups excluding carboxylic acids is 1. The maximum atomic E-state index is 12.6. The van der Waals surface area contributed by atoms with Gasteiger partial charge in [-0.3, -0.25) is 9.59 Å². The number of carboxylic acids is 1. The van der Waals surface area contributed by atoms with Gasteiger partial charge in [0.1, 0.15) is 5.75 Å². The summed E-state index contributed by atoms with van der Waals surface area (Å²) in [5, 5.41) is 13.8. The van der Waals surface area contributed by atoms with Gasteiger partial charge in [-0.15, -0.1) is 24.5 Å². The number of nitrogens with one attached hydrogen (secondary N) is 1. The molecule has 1 amide bonds. The molecular weight excluding hydrogens is 519 g/mol. The molecule has 1 aromatic heterocycles. The molecule has 0 atom stereocenters. The summed E-state index contributed by atoms with van der Waals surface area (Å²) in [7, 11) is 0. The van der Waals surface area contributed by atoms with Gasteiger partial charge in [-0.1, -0.05) is 42.5 Å². The number of halogens is 3. The van der Waals surface area contributed by atoms with Crippen LogP contribution in [-0.2, 0) is 11.3 Å². The Morgan fingerprint density at radius 1 is 0.974 bits per heavy atom. The van der Waals surface area contributed by atoms with Gasteiger partial charge >= 0.3 is 12.3 Å². The van der Waals surface area contributed by atoms with Crippen molar-refractivity contribution in [2.45, 2.75) is 19.3 Å². The van der Waals surface area contributed by atoms with Crippen molar-refractivity contribution in [2.24, 2.45) is 0 Å². The number of thiazole rings is 1. The summed E-state index contributed by atoms with van der Waals surface area (Å²) < 4.78 is 41.8. The van der Waals surface area contributed by atoms with E-state index in [2.05, 4.69) is 10.1 Å². The number of carbonyl (C=O) groups is 2. The van der Waals surface area contributed by atoms with Crippen LogP contribution in [0.3, 0.4) is 0 Å². The van der Waals surface area contributed by atoms with Crippen LogP contribution in [0.5, 0.6) is 5.75 Å². The monoisotopic (exact) mass is 541 g/mol. The van der Waals surface area contributed by atoms with Gasteiger partial charge in [0.2, 0.25) is 0 Å². The number of hydrogen-bond donors (Lipinski definition) is 2. The van der Waals surface area contributed by atoms with Crippen LogP contribution in [0, 0.1) is 0 Å². The van der Waals surface area contributed by atoms with E-state index in [1.807, 2.05) is 40.6 Å². The summed E-state index contributed by atoms with van der Waals surface area (Å²) >= 11 is 1.39. The Bertz CT molecular complexity index is 1380. The summed E-state index contributed by atoms with van der Waals surface area (Å²) in [5.41, 5.74) is 3.49. The van der Waals surface area contributed by atoms with E-state index in [0.29, 0.717) is 22.9 Å². The molecule has 196 valence electrons. The van der Waals surface area contributed by atoms with Crippen molar-refractivity contribution < 1.29 is 32.6 Å². The van der Waals surface area contributed by atoms with E-state index in [0.717, 1.165) is 16.8 Å². The van der Waals surface area contributed by atoms with E-state index in [9.17, 15) is 22.8 Å². The highest BCUT2D eigenvalue weighted by Crippen LogP contribution is 2.35. The second-order valence-electron chi connectivity index (χ2n) is 8.11. The first-order valence-electron chi connectivity index (χ1n) is 11.4. The largest absolute Gasteiger partial charge is 0.573 e. The molecule has 38 heavy (non-hydrogen) atoms. The number of carboxylic acid groups (broad SMARTS) is 1. The molecule has 7 nitrogen and oxygen atoms in total. The minimum absolute atomic E-state index is 0.0194. The number of nitrogens with zero attached hydrogens (tertiary/aromatic N) is 2. The van der Waals surface area contributed by atoms with E-state index in [1.165, 1.54) is 35.6 Å². The highest BCUT2D eigenvalue weighted by atomic mass is 32.1. The lowest BCUT2D eigenvalue weighted by atomic mass is 10.1. The van der Waals surface area contributed by atoms with E-state index in [4.69, 9.17) is 10.1 Å². The van der Waals surface area contributed by atoms with Gasteiger partial charge in [-0.2, -0.15) is 0 Å². The van der Waals surface area contributed by atoms with E-state index in [1.54, 1.807) is 24.3 Å². The van der Waals surface area contributed by atoms with Gasteiger partial charge in [0.05, 0.1) is 18.7 Å². The standard InChI is InChI=1S/C27H22F3N3O4S/c28-27(29,30)37-22-12-10-21(11-13-22)33(26-32-23(17-38-26)19-4-2-1-3-5-19)16-18-6-8-20(9-7-18)25(36)31-15-14-24(34)35/h1-13,17H,14-16H2,(H,31,36)(H,34,35). The first-order chi connectivity index (χ1) is 18.2. The molecule has 0 aliphatic rings. The number of aliphatic carboxylic acids is 1. The third kappa shape index (κ3) is 7.32. The number of alkyl halides is 3. The Labute approximate surface area is 220 Å². The van der Waals surface area contributed by atoms with Gasteiger partial charge in [-0.25, -0.2) is 4.98 Å². The SMILES string of the molecule is O=C(O)CCNC(=O)c1ccc(CN(c2ccc(OC(F)(F)F)cc2)c2nc(-c3ccccc3)cs2)cc1. The molecule has 0 saturated heterocycles. The number of anilines is 2. The fraction of sp³-hybridized carbons (Fsp3) is 0.148. The molecule has 0 bridgehead atoms. The van der Waals surface area contributed by atoms with Crippen molar-refractivity contribution >= 4 is 34.0 Å². The first kappa shape index (κ1) is 26.7. The Morgan fingerprint density at radius 2 is 1.66 bits per heavy atom. The number of ether oxygens (including phenoxy) is 1. The lowest BCUT2D eigenvalue weighted by molar-refractivity contribution is -0.274. The fourth-order valence-electron chi connectivity index (χ4n) is 3.56. The van der Waals surface area contributed by atoms with Gasteiger partial charge in [0.25, 0.3) is 5.91 Å². The Balaban J connectivity index is 1.57. The van der Waals surface area contributed by atoms with Crippen LogP contribution in [0.15, 0.2) is 84.2 Å². The highest BCUT2D eigenvalue weighted by molar-refractivity contribution is 7.14. The summed E-state index contributed by atoms with van der Waals surface area (Å²) in [6.07, 6.45) is -4.97. The molecule has 0 spiro atoms. The molecule has 0 unspecified atom stereocenters. The van der Waals surface area contributed by atoms with Crippen molar-refractivity contribution in [1.82, 2.24) is 10.3 Å². The summed E-state index contributed by atoms with van der Waals surface area (Å²) in [6.45, 7) is 0.341. The van der Waals surface area contributed by atoms with Crippen molar-refractivity contribution in [2.75, 3.05) is 11.4 Å². The number of benzene rings is 3. The lowest BCUT2D eigenvalue weighted by Gasteiger charge is -2.23. The molecule has 4 rings (SSSR count). The Kier molecular flexibility index (Phi) is 8.27. The summed E-state index contributed by atoms with van der Waals surface area (Å²) in [4.78, 5) is 29.5. The van der Waals surface area contributed by atoms with Crippen molar-refractivity contribution in [3.8, 4) is 17.0 Å². The molecule has 0 saturated carbocycles. The highest BCUT2D eigenvalue weighted by Gasteiger charge is 2.31.